The zero-order valence-corrected chi connectivity index (χ0v) is 18.8. The SMILES string of the molecule is COC(=O)CC1c2cc(OC)c(OC)cc2CCN1C(=O)CC1CCOc2ccccc21. The highest BCUT2D eigenvalue weighted by Crippen LogP contribution is 2.41. The summed E-state index contributed by atoms with van der Waals surface area (Å²) < 4.78 is 21.6. The van der Waals surface area contributed by atoms with Crippen LogP contribution in [-0.2, 0) is 20.7 Å². The number of esters is 1. The molecule has 0 radical (unpaired) electrons. The molecule has 170 valence electrons. The van der Waals surface area contributed by atoms with Gasteiger partial charge in [0.15, 0.2) is 11.5 Å². The Bertz CT molecular complexity index is 1000. The van der Waals surface area contributed by atoms with E-state index in [1.54, 1.807) is 14.2 Å². The Morgan fingerprint density at radius 1 is 1.03 bits per heavy atom. The number of para-hydroxylation sites is 1. The van der Waals surface area contributed by atoms with E-state index in [2.05, 4.69) is 0 Å². The second kappa shape index (κ2) is 9.51. The standard InChI is InChI=1S/C25H29NO6/c1-29-22-12-16-8-10-26(20(15-25(28)31-3)19(16)14-23(22)30-2)24(27)13-17-9-11-32-21-7-5-4-6-18(17)21/h4-7,12,14,17,20H,8-11,13,15H2,1-3H3. The van der Waals surface area contributed by atoms with Gasteiger partial charge in [-0.25, -0.2) is 0 Å². The summed E-state index contributed by atoms with van der Waals surface area (Å²) in [6, 6.07) is 11.3. The Morgan fingerprint density at radius 3 is 2.53 bits per heavy atom. The summed E-state index contributed by atoms with van der Waals surface area (Å²) in [5, 5.41) is 0. The third-order valence-electron chi connectivity index (χ3n) is 6.41. The Hall–Kier alpha value is -3.22. The van der Waals surface area contributed by atoms with Crippen molar-refractivity contribution >= 4 is 11.9 Å². The van der Waals surface area contributed by atoms with Crippen molar-refractivity contribution in [1.29, 1.82) is 0 Å². The van der Waals surface area contributed by atoms with Gasteiger partial charge in [-0.3, -0.25) is 9.59 Å². The smallest absolute Gasteiger partial charge is 0.307 e. The molecule has 0 fully saturated rings. The molecule has 0 saturated heterocycles. The summed E-state index contributed by atoms with van der Waals surface area (Å²) in [6.07, 6.45) is 1.94. The molecule has 0 saturated carbocycles. The highest BCUT2D eigenvalue weighted by atomic mass is 16.5. The number of fused-ring (bicyclic) bond motifs is 2. The molecule has 0 aliphatic carbocycles. The first-order valence-electron chi connectivity index (χ1n) is 10.9. The maximum atomic E-state index is 13.5. The van der Waals surface area contributed by atoms with Gasteiger partial charge in [-0.2, -0.15) is 0 Å². The van der Waals surface area contributed by atoms with Crippen LogP contribution in [0.25, 0.3) is 0 Å². The van der Waals surface area contributed by atoms with Crippen LogP contribution in [0.5, 0.6) is 17.2 Å². The van der Waals surface area contributed by atoms with E-state index in [4.69, 9.17) is 18.9 Å². The molecule has 1 amide bonds. The number of rotatable bonds is 6. The number of methoxy groups -OCH3 is 3. The predicted molar refractivity (Wildman–Crippen MR) is 118 cm³/mol. The van der Waals surface area contributed by atoms with Gasteiger partial charge >= 0.3 is 5.97 Å². The van der Waals surface area contributed by atoms with E-state index < -0.39 is 6.04 Å². The molecular weight excluding hydrogens is 410 g/mol. The largest absolute Gasteiger partial charge is 0.493 e. The van der Waals surface area contributed by atoms with Gasteiger partial charge in [0.2, 0.25) is 5.91 Å². The second-order valence-electron chi connectivity index (χ2n) is 8.12. The van der Waals surface area contributed by atoms with Gasteiger partial charge in [0.1, 0.15) is 5.75 Å². The molecule has 0 N–H and O–H groups in total. The minimum absolute atomic E-state index is 0.0287. The number of hydrogen-bond donors (Lipinski definition) is 0. The molecule has 2 aliphatic heterocycles. The Labute approximate surface area is 188 Å². The molecule has 2 aromatic carbocycles. The van der Waals surface area contributed by atoms with E-state index in [9.17, 15) is 9.59 Å². The lowest BCUT2D eigenvalue weighted by Gasteiger charge is -2.38. The molecular formula is C25H29NO6. The average molecular weight is 440 g/mol. The van der Waals surface area contributed by atoms with Gasteiger partial charge in [-0.05, 0) is 53.6 Å². The fraction of sp³-hybridized carbons (Fsp3) is 0.440. The summed E-state index contributed by atoms with van der Waals surface area (Å²) in [6.45, 7) is 1.13. The van der Waals surface area contributed by atoms with Crippen molar-refractivity contribution in [2.24, 2.45) is 0 Å². The minimum Gasteiger partial charge on any atom is -0.493 e. The fourth-order valence-corrected chi connectivity index (χ4v) is 4.74. The predicted octanol–water partition coefficient (Wildman–Crippen LogP) is 3.65. The van der Waals surface area contributed by atoms with Crippen LogP contribution in [0.1, 0.15) is 47.9 Å². The number of benzene rings is 2. The number of hydrogen-bond acceptors (Lipinski definition) is 6. The molecule has 2 atom stereocenters. The van der Waals surface area contributed by atoms with Crippen LogP contribution in [0.2, 0.25) is 0 Å². The van der Waals surface area contributed by atoms with Crippen LogP contribution in [0.3, 0.4) is 0 Å². The lowest BCUT2D eigenvalue weighted by Crippen LogP contribution is -2.41. The summed E-state index contributed by atoms with van der Waals surface area (Å²) in [5.74, 6) is 1.84. The normalized spacial score (nSPS) is 19.3. The molecule has 2 aromatic rings. The maximum absolute atomic E-state index is 13.5. The molecule has 7 heteroatoms. The van der Waals surface area contributed by atoms with Gasteiger partial charge in [-0.15, -0.1) is 0 Å². The summed E-state index contributed by atoms with van der Waals surface area (Å²) in [7, 11) is 4.54. The van der Waals surface area contributed by atoms with E-state index >= 15 is 0 Å². The maximum Gasteiger partial charge on any atom is 0.307 e. The van der Waals surface area contributed by atoms with Gasteiger partial charge in [-0.1, -0.05) is 18.2 Å². The quantitative estimate of drug-likeness (QED) is 0.640. The van der Waals surface area contributed by atoms with E-state index in [1.807, 2.05) is 41.3 Å². The lowest BCUT2D eigenvalue weighted by atomic mass is 9.87. The van der Waals surface area contributed by atoms with E-state index in [1.165, 1.54) is 7.11 Å². The molecule has 32 heavy (non-hydrogen) atoms. The van der Waals surface area contributed by atoms with Crippen LogP contribution in [0.4, 0.5) is 0 Å². The molecule has 2 aliphatic rings. The van der Waals surface area contributed by atoms with Gasteiger partial charge in [0.25, 0.3) is 0 Å². The Kier molecular flexibility index (Phi) is 6.53. The number of amides is 1. The van der Waals surface area contributed by atoms with Crippen molar-refractivity contribution in [2.45, 2.75) is 37.6 Å². The highest BCUT2D eigenvalue weighted by molar-refractivity contribution is 5.80. The van der Waals surface area contributed by atoms with Gasteiger partial charge < -0.3 is 23.8 Å². The van der Waals surface area contributed by atoms with Crippen molar-refractivity contribution in [3.05, 3.63) is 53.1 Å². The van der Waals surface area contributed by atoms with Crippen molar-refractivity contribution in [3.8, 4) is 17.2 Å². The molecule has 2 heterocycles. The molecule has 7 nitrogen and oxygen atoms in total. The third kappa shape index (κ3) is 4.24. The zero-order valence-electron chi connectivity index (χ0n) is 18.8. The first kappa shape index (κ1) is 22.0. The summed E-state index contributed by atoms with van der Waals surface area (Å²) in [4.78, 5) is 27.6. The monoisotopic (exact) mass is 439 g/mol. The Morgan fingerprint density at radius 2 is 1.78 bits per heavy atom. The minimum atomic E-state index is -0.409. The molecule has 0 aromatic heterocycles. The highest BCUT2D eigenvalue weighted by Gasteiger charge is 2.35. The Balaban J connectivity index is 1.63. The van der Waals surface area contributed by atoms with Crippen molar-refractivity contribution in [1.82, 2.24) is 4.90 Å². The van der Waals surface area contributed by atoms with Crippen LogP contribution < -0.4 is 14.2 Å². The number of carbonyl (C=O) groups excluding carboxylic acids is 2. The number of carbonyl (C=O) groups is 2. The van der Waals surface area contributed by atoms with E-state index in [-0.39, 0.29) is 24.2 Å². The average Bonchev–Trinajstić information content (AvgIpc) is 2.83. The van der Waals surface area contributed by atoms with Crippen LogP contribution in [0.15, 0.2) is 36.4 Å². The van der Waals surface area contributed by atoms with Gasteiger partial charge in [0, 0.05) is 13.0 Å². The third-order valence-corrected chi connectivity index (χ3v) is 6.41. The van der Waals surface area contributed by atoms with E-state index in [0.29, 0.717) is 37.5 Å². The number of nitrogens with zero attached hydrogens (tertiary/aromatic N) is 1. The summed E-state index contributed by atoms with van der Waals surface area (Å²) >= 11 is 0. The first-order chi connectivity index (χ1) is 15.5. The molecule has 0 spiro atoms. The van der Waals surface area contributed by atoms with Crippen LogP contribution >= 0.6 is 0 Å². The van der Waals surface area contributed by atoms with Gasteiger partial charge in [0.05, 0.1) is 40.4 Å². The van der Waals surface area contributed by atoms with E-state index in [0.717, 1.165) is 28.9 Å². The van der Waals surface area contributed by atoms with Crippen molar-refractivity contribution < 1.29 is 28.5 Å². The second-order valence-corrected chi connectivity index (χ2v) is 8.12. The van der Waals surface area contributed by atoms with Crippen molar-refractivity contribution in [3.63, 3.8) is 0 Å². The lowest BCUT2D eigenvalue weighted by molar-refractivity contribution is -0.144. The topological polar surface area (TPSA) is 74.3 Å². The molecule has 2 unspecified atom stereocenters. The molecule has 4 rings (SSSR count). The number of ether oxygens (including phenoxy) is 4. The summed E-state index contributed by atoms with van der Waals surface area (Å²) in [5.41, 5.74) is 3.03. The van der Waals surface area contributed by atoms with Crippen LogP contribution in [-0.4, -0.2) is 51.3 Å². The fourth-order valence-electron chi connectivity index (χ4n) is 4.74. The molecule has 0 bridgehead atoms. The first-order valence-corrected chi connectivity index (χ1v) is 10.9. The van der Waals surface area contributed by atoms with Crippen LogP contribution in [0, 0.1) is 0 Å². The zero-order chi connectivity index (χ0) is 22.7. The van der Waals surface area contributed by atoms with Crippen molar-refractivity contribution in [2.75, 3.05) is 34.5 Å².